The van der Waals surface area contributed by atoms with Gasteiger partial charge in [-0.1, -0.05) is 0 Å². The van der Waals surface area contributed by atoms with Crippen LogP contribution in [0.1, 0.15) is 21.5 Å². The highest BCUT2D eigenvalue weighted by Gasteiger charge is 2.08. The minimum absolute atomic E-state index is 0.423. The average Bonchev–Trinajstić information content (AvgIpc) is 2.17. The fraction of sp³-hybridized carbons (Fsp3) is 0.200. The van der Waals surface area contributed by atoms with E-state index in [1.54, 1.807) is 19.1 Å². The molecule has 0 unspecified atom stereocenters. The molecule has 0 saturated heterocycles. The second-order valence-corrected chi connectivity index (χ2v) is 2.59. The predicted molar refractivity (Wildman–Crippen MR) is 47.8 cm³/mol. The molecule has 0 aliphatic carbocycles. The van der Waals surface area contributed by atoms with Crippen molar-refractivity contribution in [2.24, 2.45) is 0 Å². The normalized spacial score (nSPS) is 9.00. The van der Waals surface area contributed by atoms with E-state index < -0.39 is 0 Å². The number of carbonyl (C=O) groups excluding carboxylic acids is 1. The smallest absolute Gasteiger partial charge is 0.150 e. The lowest BCUT2D eigenvalue weighted by atomic mass is 10.0. The lowest BCUT2D eigenvalue weighted by Crippen LogP contribution is -1.95. The molecule has 0 aliphatic heterocycles. The predicted octanol–water partition coefficient (Wildman–Crippen LogP) is 1.69. The minimum atomic E-state index is 0.423. The number of aldehydes is 1. The maximum Gasteiger partial charge on any atom is 0.150 e. The van der Waals surface area contributed by atoms with Gasteiger partial charge < -0.3 is 4.74 Å². The van der Waals surface area contributed by atoms with E-state index in [1.807, 2.05) is 6.07 Å². The van der Waals surface area contributed by atoms with Gasteiger partial charge in [-0.05, 0) is 24.6 Å². The first-order valence-electron chi connectivity index (χ1n) is 3.77. The summed E-state index contributed by atoms with van der Waals surface area (Å²) in [5, 5.41) is 8.80. The lowest BCUT2D eigenvalue weighted by Gasteiger charge is -2.06. The number of carbonyl (C=O) groups is 1. The first-order valence-corrected chi connectivity index (χ1v) is 3.77. The van der Waals surface area contributed by atoms with Crippen molar-refractivity contribution >= 4 is 6.29 Å². The van der Waals surface area contributed by atoms with E-state index in [4.69, 9.17) is 10.00 Å². The first-order chi connectivity index (χ1) is 6.24. The molecule has 0 saturated carbocycles. The standard InChI is InChI=1S/C10H9NO2/c1-7-8(6-12)3-4-10(13-2)9(7)5-11/h3-4,6H,1-2H3. The molecule has 0 heterocycles. The first kappa shape index (κ1) is 9.27. The van der Waals surface area contributed by atoms with Gasteiger partial charge in [-0.3, -0.25) is 4.79 Å². The Morgan fingerprint density at radius 3 is 2.69 bits per heavy atom. The van der Waals surface area contributed by atoms with Crippen LogP contribution in [0.4, 0.5) is 0 Å². The summed E-state index contributed by atoms with van der Waals surface area (Å²) in [4.78, 5) is 10.5. The van der Waals surface area contributed by atoms with Crippen molar-refractivity contribution in [2.45, 2.75) is 6.92 Å². The van der Waals surface area contributed by atoms with Gasteiger partial charge in [-0.15, -0.1) is 0 Å². The zero-order valence-corrected chi connectivity index (χ0v) is 7.50. The van der Waals surface area contributed by atoms with Crippen LogP contribution in [0.15, 0.2) is 12.1 Å². The summed E-state index contributed by atoms with van der Waals surface area (Å²) < 4.78 is 4.98. The number of rotatable bonds is 2. The Morgan fingerprint density at radius 1 is 1.54 bits per heavy atom. The molecule has 0 aliphatic rings. The quantitative estimate of drug-likeness (QED) is 0.642. The molecule has 0 bridgehead atoms. The van der Waals surface area contributed by atoms with E-state index in [1.165, 1.54) is 7.11 Å². The van der Waals surface area contributed by atoms with Crippen molar-refractivity contribution in [3.05, 3.63) is 28.8 Å². The Morgan fingerprint density at radius 2 is 2.23 bits per heavy atom. The Labute approximate surface area is 76.6 Å². The molecule has 0 aromatic heterocycles. The summed E-state index contributed by atoms with van der Waals surface area (Å²) in [6, 6.07) is 5.27. The highest BCUT2D eigenvalue weighted by Crippen LogP contribution is 2.22. The van der Waals surface area contributed by atoms with E-state index in [2.05, 4.69) is 0 Å². The average molecular weight is 175 g/mol. The summed E-state index contributed by atoms with van der Waals surface area (Å²) in [6.45, 7) is 1.73. The molecule has 0 fully saturated rings. The number of nitrogens with zero attached hydrogens (tertiary/aromatic N) is 1. The van der Waals surface area contributed by atoms with E-state index in [9.17, 15) is 4.79 Å². The number of methoxy groups -OCH3 is 1. The summed E-state index contributed by atoms with van der Waals surface area (Å²) in [6.07, 6.45) is 0.732. The van der Waals surface area contributed by atoms with Crippen LogP contribution in [-0.4, -0.2) is 13.4 Å². The van der Waals surface area contributed by atoms with Crippen molar-refractivity contribution in [3.63, 3.8) is 0 Å². The van der Waals surface area contributed by atoms with Gasteiger partial charge in [-0.2, -0.15) is 5.26 Å². The number of ether oxygens (including phenoxy) is 1. The highest BCUT2D eigenvalue weighted by atomic mass is 16.5. The SMILES string of the molecule is COc1ccc(C=O)c(C)c1C#N. The van der Waals surface area contributed by atoms with Crippen LogP contribution in [0.2, 0.25) is 0 Å². The van der Waals surface area contributed by atoms with E-state index in [-0.39, 0.29) is 0 Å². The van der Waals surface area contributed by atoms with E-state index >= 15 is 0 Å². The highest BCUT2D eigenvalue weighted by molar-refractivity contribution is 5.79. The number of hydrogen-bond acceptors (Lipinski definition) is 3. The third-order valence-electron chi connectivity index (χ3n) is 1.93. The van der Waals surface area contributed by atoms with Gasteiger partial charge in [0.2, 0.25) is 0 Å². The molecule has 1 aromatic carbocycles. The molecule has 13 heavy (non-hydrogen) atoms. The summed E-state index contributed by atoms with van der Waals surface area (Å²) in [5.41, 5.74) is 1.61. The van der Waals surface area contributed by atoms with Crippen LogP contribution in [0, 0.1) is 18.3 Å². The molecular weight excluding hydrogens is 166 g/mol. The van der Waals surface area contributed by atoms with Gasteiger partial charge in [0.25, 0.3) is 0 Å². The van der Waals surface area contributed by atoms with Crippen LogP contribution in [0.5, 0.6) is 5.75 Å². The summed E-state index contributed by atoms with van der Waals surface area (Å²) >= 11 is 0. The molecule has 0 amide bonds. The second-order valence-electron chi connectivity index (χ2n) is 2.59. The topological polar surface area (TPSA) is 50.1 Å². The van der Waals surface area contributed by atoms with E-state index in [0.717, 1.165) is 6.29 Å². The molecule has 1 aromatic rings. The van der Waals surface area contributed by atoms with Gasteiger partial charge in [0.15, 0.2) is 0 Å². The van der Waals surface area contributed by atoms with Crippen molar-refractivity contribution < 1.29 is 9.53 Å². The fourth-order valence-corrected chi connectivity index (χ4v) is 1.14. The second kappa shape index (κ2) is 3.72. The largest absolute Gasteiger partial charge is 0.495 e. The van der Waals surface area contributed by atoms with Crippen molar-refractivity contribution in [3.8, 4) is 11.8 Å². The van der Waals surface area contributed by atoms with Crippen molar-refractivity contribution in [2.75, 3.05) is 7.11 Å². The molecule has 3 heteroatoms. The van der Waals surface area contributed by atoms with Crippen LogP contribution < -0.4 is 4.74 Å². The monoisotopic (exact) mass is 175 g/mol. The minimum Gasteiger partial charge on any atom is -0.495 e. The molecule has 66 valence electrons. The number of benzene rings is 1. The number of nitriles is 1. The Hall–Kier alpha value is -1.82. The molecule has 0 radical (unpaired) electrons. The van der Waals surface area contributed by atoms with Crippen LogP contribution in [0.25, 0.3) is 0 Å². The third-order valence-corrected chi connectivity index (χ3v) is 1.93. The molecule has 1 rings (SSSR count). The lowest BCUT2D eigenvalue weighted by molar-refractivity contribution is 0.112. The van der Waals surface area contributed by atoms with Crippen LogP contribution >= 0.6 is 0 Å². The maximum atomic E-state index is 10.5. The Balaban J connectivity index is 3.42. The molecule has 0 spiro atoms. The molecule has 3 nitrogen and oxygen atoms in total. The van der Waals surface area contributed by atoms with Crippen molar-refractivity contribution in [1.29, 1.82) is 5.26 Å². The van der Waals surface area contributed by atoms with Gasteiger partial charge in [0.1, 0.15) is 18.1 Å². The molecule has 0 N–H and O–H groups in total. The third kappa shape index (κ3) is 1.52. The van der Waals surface area contributed by atoms with Crippen LogP contribution in [-0.2, 0) is 0 Å². The van der Waals surface area contributed by atoms with Gasteiger partial charge in [0, 0.05) is 5.56 Å². The number of hydrogen-bond donors (Lipinski definition) is 0. The Kier molecular flexibility index (Phi) is 2.65. The van der Waals surface area contributed by atoms with Crippen LogP contribution in [0.3, 0.4) is 0 Å². The Bertz CT molecular complexity index is 377. The zero-order valence-electron chi connectivity index (χ0n) is 7.50. The maximum absolute atomic E-state index is 10.5. The fourth-order valence-electron chi connectivity index (χ4n) is 1.14. The van der Waals surface area contributed by atoms with E-state index in [0.29, 0.717) is 22.4 Å². The summed E-state index contributed by atoms with van der Waals surface area (Å²) in [5.74, 6) is 0.505. The van der Waals surface area contributed by atoms with Gasteiger partial charge >= 0.3 is 0 Å². The zero-order chi connectivity index (χ0) is 9.84. The summed E-state index contributed by atoms with van der Waals surface area (Å²) in [7, 11) is 1.50. The van der Waals surface area contributed by atoms with Crippen molar-refractivity contribution in [1.82, 2.24) is 0 Å². The molecular formula is C10H9NO2. The van der Waals surface area contributed by atoms with Gasteiger partial charge in [-0.25, -0.2) is 0 Å². The van der Waals surface area contributed by atoms with Gasteiger partial charge in [0.05, 0.1) is 12.7 Å². The molecule has 0 atom stereocenters.